The molecule has 2 aromatic heterocycles. The van der Waals surface area contributed by atoms with Crippen LogP contribution in [0.4, 0.5) is 5.82 Å². The minimum absolute atomic E-state index is 0.252. The molecule has 0 saturated carbocycles. The highest BCUT2D eigenvalue weighted by atomic mass is 16.5. The summed E-state index contributed by atoms with van der Waals surface area (Å²) in [6.45, 7) is 1.54. The molecule has 0 aliphatic carbocycles. The molecule has 0 amide bonds. The van der Waals surface area contributed by atoms with Crippen molar-refractivity contribution in [2.24, 2.45) is 0 Å². The molecule has 7 heteroatoms. The SMILES string of the molecule is COc1ccc2cccc(OCC3CCCN3c3ncnc4nc[nH]c34)c2c1. The number of imidazole rings is 1. The lowest BCUT2D eigenvalue weighted by atomic mass is 10.1. The van der Waals surface area contributed by atoms with Gasteiger partial charge in [0.05, 0.1) is 19.5 Å². The van der Waals surface area contributed by atoms with E-state index in [9.17, 15) is 0 Å². The second-order valence-corrected chi connectivity index (χ2v) is 6.94. The van der Waals surface area contributed by atoms with Gasteiger partial charge in [-0.15, -0.1) is 0 Å². The van der Waals surface area contributed by atoms with Crippen LogP contribution in [0, 0.1) is 0 Å². The van der Waals surface area contributed by atoms with E-state index in [-0.39, 0.29) is 6.04 Å². The summed E-state index contributed by atoms with van der Waals surface area (Å²) >= 11 is 0. The first-order valence-corrected chi connectivity index (χ1v) is 9.44. The molecular formula is C21H21N5O2. The van der Waals surface area contributed by atoms with E-state index in [0.29, 0.717) is 12.3 Å². The van der Waals surface area contributed by atoms with E-state index in [1.54, 1.807) is 19.8 Å². The second kappa shape index (κ2) is 6.99. The topological polar surface area (TPSA) is 76.2 Å². The maximum Gasteiger partial charge on any atom is 0.182 e. The Labute approximate surface area is 162 Å². The molecule has 0 bridgehead atoms. The third-order valence-electron chi connectivity index (χ3n) is 5.33. The van der Waals surface area contributed by atoms with Gasteiger partial charge < -0.3 is 19.4 Å². The highest BCUT2D eigenvalue weighted by Crippen LogP contribution is 2.31. The number of methoxy groups -OCH3 is 1. The van der Waals surface area contributed by atoms with Gasteiger partial charge in [-0.1, -0.05) is 18.2 Å². The van der Waals surface area contributed by atoms with Crippen molar-refractivity contribution in [2.75, 3.05) is 25.2 Å². The molecule has 3 heterocycles. The van der Waals surface area contributed by atoms with Crippen molar-refractivity contribution < 1.29 is 9.47 Å². The Morgan fingerprint density at radius 2 is 2.14 bits per heavy atom. The van der Waals surface area contributed by atoms with E-state index in [4.69, 9.17) is 9.47 Å². The molecule has 0 radical (unpaired) electrons. The van der Waals surface area contributed by atoms with E-state index in [0.717, 1.165) is 53.0 Å². The van der Waals surface area contributed by atoms with Crippen molar-refractivity contribution in [1.29, 1.82) is 0 Å². The number of hydrogen-bond donors (Lipinski definition) is 1. The summed E-state index contributed by atoms with van der Waals surface area (Å²) in [7, 11) is 1.68. The standard InChI is InChI=1S/C21H21N5O2/c1-27-16-8-7-14-4-2-6-18(17(14)10-16)28-11-15-5-3-9-26(15)21-19-20(23-12-22-19)24-13-25-21/h2,4,6-8,10,12-13,15H,3,5,9,11H2,1H3,(H,22,23,24,25). The summed E-state index contributed by atoms with van der Waals surface area (Å²) in [6, 6.07) is 12.4. The molecule has 4 aromatic rings. The minimum Gasteiger partial charge on any atom is -0.497 e. The zero-order valence-electron chi connectivity index (χ0n) is 15.6. The number of aromatic nitrogens is 4. The summed E-state index contributed by atoms with van der Waals surface area (Å²) in [4.78, 5) is 18.4. The number of nitrogens with one attached hydrogen (secondary N) is 1. The van der Waals surface area contributed by atoms with Gasteiger partial charge in [0, 0.05) is 11.9 Å². The quantitative estimate of drug-likeness (QED) is 0.575. The molecule has 2 aromatic carbocycles. The first kappa shape index (κ1) is 16.8. The average Bonchev–Trinajstić information content (AvgIpc) is 3.40. The van der Waals surface area contributed by atoms with Crippen LogP contribution in [0.25, 0.3) is 21.9 Å². The van der Waals surface area contributed by atoms with Crippen LogP contribution >= 0.6 is 0 Å². The molecule has 0 spiro atoms. The van der Waals surface area contributed by atoms with Crippen molar-refractivity contribution in [3.8, 4) is 11.5 Å². The molecule has 1 unspecified atom stereocenters. The molecular weight excluding hydrogens is 354 g/mol. The van der Waals surface area contributed by atoms with E-state index in [2.05, 4.69) is 37.0 Å². The van der Waals surface area contributed by atoms with E-state index in [1.807, 2.05) is 24.3 Å². The van der Waals surface area contributed by atoms with E-state index >= 15 is 0 Å². The number of rotatable bonds is 5. The largest absolute Gasteiger partial charge is 0.497 e. The average molecular weight is 375 g/mol. The van der Waals surface area contributed by atoms with Crippen molar-refractivity contribution in [1.82, 2.24) is 19.9 Å². The van der Waals surface area contributed by atoms with Crippen LogP contribution in [0.5, 0.6) is 11.5 Å². The number of aromatic amines is 1. The summed E-state index contributed by atoms with van der Waals surface area (Å²) in [5.41, 5.74) is 1.57. The Morgan fingerprint density at radius 1 is 1.18 bits per heavy atom. The molecule has 1 atom stereocenters. The minimum atomic E-state index is 0.252. The first-order chi connectivity index (χ1) is 13.8. The van der Waals surface area contributed by atoms with Gasteiger partial charge >= 0.3 is 0 Å². The first-order valence-electron chi connectivity index (χ1n) is 9.44. The highest BCUT2D eigenvalue weighted by molar-refractivity contribution is 5.89. The zero-order valence-corrected chi connectivity index (χ0v) is 15.6. The molecule has 1 fully saturated rings. The number of fused-ring (bicyclic) bond motifs is 2. The number of ether oxygens (including phenoxy) is 2. The molecule has 28 heavy (non-hydrogen) atoms. The summed E-state index contributed by atoms with van der Waals surface area (Å²) in [5.74, 6) is 2.60. The van der Waals surface area contributed by atoms with Crippen LogP contribution in [0.1, 0.15) is 12.8 Å². The number of anilines is 1. The van der Waals surface area contributed by atoms with E-state index in [1.165, 1.54) is 0 Å². The van der Waals surface area contributed by atoms with Gasteiger partial charge in [0.1, 0.15) is 29.9 Å². The summed E-state index contributed by atoms with van der Waals surface area (Å²) in [5, 5.41) is 2.20. The van der Waals surface area contributed by atoms with Crippen LogP contribution in [-0.4, -0.2) is 46.2 Å². The van der Waals surface area contributed by atoms with Crippen molar-refractivity contribution in [2.45, 2.75) is 18.9 Å². The normalized spacial score (nSPS) is 16.8. The van der Waals surface area contributed by atoms with Crippen LogP contribution in [0.3, 0.4) is 0 Å². The van der Waals surface area contributed by atoms with Crippen LogP contribution in [0.15, 0.2) is 49.1 Å². The smallest absolute Gasteiger partial charge is 0.182 e. The number of nitrogens with zero attached hydrogens (tertiary/aromatic N) is 4. The Kier molecular flexibility index (Phi) is 4.20. The maximum absolute atomic E-state index is 6.28. The molecule has 1 N–H and O–H groups in total. The van der Waals surface area contributed by atoms with Crippen molar-refractivity contribution in [3.63, 3.8) is 0 Å². The lowest BCUT2D eigenvalue weighted by Gasteiger charge is -2.26. The summed E-state index contributed by atoms with van der Waals surface area (Å²) < 4.78 is 11.7. The van der Waals surface area contributed by atoms with Gasteiger partial charge in [-0.25, -0.2) is 15.0 Å². The van der Waals surface area contributed by atoms with Crippen LogP contribution in [0.2, 0.25) is 0 Å². The van der Waals surface area contributed by atoms with Gasteiger partial charge in [-0.05, 0) is 36.4 Å². The molecule has 1 saturated heterocycles. The predicted octanol–water partition coefficient (Wildman–Crippen LogP) is 3.56. The lowest BCUT2D eigenvalue weighted by Crippen LogP contribution is -2.35. The fourth-order valence-electron chi connectivity index (χ4n) is 3.92. The molecule has 5 rings (SSSR count). The van der Waals surface area contributed by atoms with E-state index < -0.39 is 0 Å². The second-order valence-electron chi connectivity index (χ2n) is 6.94. The van der Waals surface area contributed by atoms with Gasteiger partial charge in [0.25, 0.3) is 0 Å². The molecule has 1 aliphatic rings. The maximum atomic E-state index is 6.28. The van der Waals surface area contributed by atoms with Crippen molar-refractivity contribution in [3.05, 3.63) is 49.1 Å². The fourth-order valence-corrected chi connectivity index (χ4v) is 3.92. The van der Waals surface area contributed by atoms with Gasteiger partial charge in [-0.3, -0.25) is 0 Å². The van der Waals surface area contributed by atoms with Crippen molar-refractivity contribution >= 4 is 27.8 Å². The monoisotopic (exact) mass is 375 g/mol. The Morgan fingerprint density at radius 3 is 3.07 bits per heavy atom. The van der Waals surface area contributed by atoms with Gasteiger partial charge in [-0.2, -0.15) is 0 Å². The third kappa shape index (κ3) is 2.89. The number of hydrogen-bond acceptors (Lipinski definition) is 6. The number of H-pyrrole nitrogens is 1. The lowest BCUT2D eigenvalue weighted by molar-refractivity contribution is 0.291. The van der Waals surface area contributed by atoms with Crippen LogP contribution in [-0.2, 0) is 0 Å². The number of benzene rings is 2. The molecule has 7 nitrogen and oxygen atoms in total. The Hall–Kier alpha value is -3.35. The third-order valence-corrected chi connectivity index (χ3v) is 5.33. The van der Waals surface area contributed by atoms with Gasteiger partial charge in [0.15, 0.2) is 11.5 Å². The van der Waals surface area contributed by atoms with Gasteiger partial charge in [0.2, 0.25) is 0 Å². The Bertz CT molecular complexity index is 1130. The van der Waals surface area contributed by atoms with Crippen LogP contribution < -0.4 is 14.4 Å². The predicted molar refractivity (Wildman–Crippen MR) is 108 cm³/mol. The molecule has 1 aliphatic heterocycles. The highest BCUT2D eigenvalue weighted by Gasteiger charge is 2.28. The summed E-state index contributed by atoms with van der Waals surface area (Å²) in [6.07, 6.45) is 5.41. The molecule has 142 valence electrons. The zero-order chi connectivity index (χ0) is 18.9. The Balaban J connectivity index is 1.41. The fraction of sp³-hybridized carbons (Fsp3) is 0.286.